The van der Waals surface area contributed by atoms with Crippen LogP contribution in [0.3, 0.4) is 0 Å². The van der Waals surface area contributed by atoms with E-state index in [1.54, 1.807) is 0 Å². The zero-order chi connectivity index (χ0) is 99.6. The third-order valence-corrected chi connectivity index (χ3v) is 21.5. The van der Waals surface area contributed by atoms with Gasteiger partial charge in [-0.1, -0.05) is 12.1 Å². The van der Waals surface area contributed by atoms with Gasteiger partial charge >= 0.3 is 53.7 Å². The summed E-state index contributed by atoms with van der Waals surface area (Å²) in [6.07, 6.45) is -28.4. The molecule has 51 heteroatoms. The van der Waals surface area contributed by atoms with Crippen molar-refractivity contribution in [1.29, 1.82) is 0 Å². The fraction of sp³-hybridized carbons (Fsp3) is 0.138. The first-order chi connectivity index (χ1) is 65.3. The van der Waals surface area contributed by atoms with Crippen molar-refractivity contribution in [1.82, 2.24) is 9.97 Å². The molecule has 712 valence electrons. The highest BCUT2D eigenvalue weighted by atomic mass is 16.8. The highest BCUT2D eigenvalue weighted by Gasteiger charge is 2.58. The fourth-order valence-corrected chi connectivity index (χ4v) is 14.9. The molecule has 0 saturated carbocycles. The minimum atomic E-state index is -3.07. The molecule has 1 aromatic heterocycles. The number of nitrogens with zero attached hydrogens (tertiary/aromatic N) is 2. The summed E-state index contributed by atoms with van der Waals surface area (Å²) in [7, 11) is 0. The molecule has 16 rings (SSSR count). The molecule has 4 bridgehead atoms. The number of rotatable bonds is 15. The van der Waals surface area contributed by atoms with E-state index in [2.05, 4.69) is 9.97 Å². The minimum Gasteiger partial charge on any atom is -0.505 e. The summed E-state index contributed by atoms with van der Waals surface area (Å²) < 4.78 is 77.1. The number of fused-ring (bicyclic) bond motifs is 8. The largest absolute Gasteiger partial charge is 0.505 e. The molecule has 4 aliphatic heterocycles. The van der Waals surface area contributed by atoms with Crippen LogP contribution in [-0.2, 0) is 52.1 Å². The van der Waals surface area contributed by atoms with Crippen molar-refractivity contribution in [3.63, 3.8) is 0 Å². The van der Waals surface area contributed by atoms with Crippen LogP contribution in [0.4, 0.5) is 0 Å². The van der Waals surface area contributed by atoms with Gasteiger partial charge in [-0.3, -0.25) is 0 Å². The van der Waals surface area contributed by atoms with Gasteiger partial charge in [-0.2, -0.15) is 0 Å². The average molecular weight is 1920 g/mol. The molecule has 0 spiro atoms. The minimum absolute atomic E-state index is 0.0496. The number of hydrogen-bond donors (Lipinski definition) is 27. The number of esters is 9. The second-order valence-corrected chi connectivity index (χ2v) is 30.1. The maximum atomic E-state index is 16.1. The Morgan fingerprint density at radius 1 is 0.312 bits per heavy atom. The Morgan fingerprint density at radius 3 is 1.14 bits per heavy atom. The third kappa shape index (κ3) is 16.2. The van der Waals surface area contributed by atoms with Gasteiger partial charge in [-0.25, -0.2) is 53.1 Å². The first-order valence-electron chi connectivity index (χ1n) is 38.8. The molecule has 51 nitrogen and oxygen atoms in total. The molecule has 2 fully saturated rings. The molecule has 11 aromatic carbocycles. The lowest BCUT2D eigenvalue weighted by atomic mass is 9.91. The van der Waals surface area contributed by atoms with Gasteiger partial charge in [-0.05, 0) is 97.1 Å². The molecule has 2 saturated heterocycles. The average Bonchev–Trinajstić information content (AvgIpc) is 1.30. The molecule has 12 aromatic rings. The maximum absolute atomic E-state index is 16.1. The number of phenolic OH excluding ortho intramolecular Hbond substituents is 27. The molecule has 4 aliphatic rings. The van der Waals surface area contributed by atoms with E-state index >= 15 is 19.2 Å². The maximum Gasteiger partial charge on any atom is 0.340 e. The highest BCUT2D eigenvalue weighted by Crippen LogP contribution is 2.60. The van der Waals surface area contributed by atoms with Crippen LogP contribution < -0.4 is 9.47 Å². The summed E-state index contributed by atoms with van der Waals surface area (Å²) in [5, 5.41) is 300. The van der Waals surface area contributed by atoms with Crippen LogP contribution in [0.5, 0.6) is 172 Å². The highest BCUT2D eigenvalue weighted by molar-refractivity contribution is 6.13. The van der Waals surface area contributed by atoms with Gasteiger partial charge in [0.25, 0.3) is 0 Å². The second kappa shape index (κ2) is 34.6. The number of benzene rings is 11. The molecule has 138 heavy (non-hydrogen) atoms. The number of phenols is 27. The van der Waals surface area contributed by atoms with E-state index < -0.39 is 384 Å². The lowest BCUT2D eigenvalue weighted by Gasteiger charge is -2.44. The summed E-state index contributed by atoms with van der Waals surface area (Å²) in [6, 6.07) is 11.7. The Morgan fingerprint density at radius 2 is 0.674 bits per heavy atom. The Kier molecular flexibility index (Phi) is 23.0. The molecule has 0 aliphatic carbocycles. The molecule has 5 heterocycles. The second-order valence-electron chi connectivity index (χ2n) is 30.1. The fourth-order valence-electron chi connectivity index (χ4n) is 14.9. The Balaban J connectivity index is 0.882. The standard InChI is InChI=1S/C87H60N2O49/c90-34-5-22(6-35(91)56(34)104)77(117)126-20-49-70(132-78(118)23-7-36(92)57(105)37(93)8-23)73(134-79(119)24-9-38(94)58(106)39(95)10-24)75(86(129-49)137-80(120)25-11-40(96)59(107)41(97)12-25)128-48-19-47(103)63(111)68(116)69(48)131-72-54-30(18-46(102)64(72)112)82(122)127-21-50-71-74(135-84(124)29-17-45(101)62(110)67(115)53(29)54)76(87(130-50)138-81(121)26-13-42(98)60(108)43(99)14-26)136-85(125)28-16-44(100)61(109)66(114)52(28)51-27(83(123)133-71)15-33-55(65(51)113)89-32-4-2-1-3-31(32)88-33/h1-19,49-50,70-71,73-76,86-87,90-116H,20-21H2/t49-,50-,70-,71-,73+,74+,75-,76-,86?,87+/m1/s1. The SMILES string of the molecule is O=C(OC[C@H]1OC(OC(=O)c2cc(O)c(O)c(O)c2)[C@H](Oc2cc(O)c(O)c(O)c2Oc2c(O)c(O)cc3c2-c2c(cc(O)c(O)c2O)C(=O)O[C@@H]2[C@H]4OC(=O)c5cc(O)c(O)c(O)c5-c5c(cc6nc7ccccc7nc6c5O)C(=O)O[C@@H]2[C@@H](COC3=O)O[C@H]4OC(=O)c2cc(O)c(O)c(O)c2)[C@@H](OC(=O)c2cc(O)c(O)c(O)c2)[C@@H]1OC(=O)c1cc(O)c(O)c(O)c1)c1cc(O)c(O)c(O)c1. The van der Waals surface area contributed by atoms with E-state index in [9.17, 15) is 162 Å². The van der Waals surface area contributed by atoms with Gasteiger partial charge in [-0.15, -0.1) is 0 Å². The smallest absolute Gasteiger partial charge is 0.340 e. The summed E-state index contributed by atoms with van der Waals surface area (Å²) in [5.74, 6) is -61.5. The predicted molar refractivity (Wildman–Crippen MR) is 437 cm³/mol. The summed E-state index contributed by atoms with van der Waals surface area (Å²) in [5.41, 5.74) is -16.4. The van der Waals surface area contributed by atoms with Crippen LogP contribution in [0.2, 0.25) is 0 Å². The van der Waals surface area contributed by atoms with Crippen molar-refractivity contribution in [2.75, 3.05) is 13.2 Å². The zero-order valence-electron chi connectivity index (χ0n) is 68.1. The third-order valence-electron chi connectivity index (χ3n) is 21.5. The number of aromatic hydroxyl groups is 27. The number of aromatic nitrogens is 2. The monoisotopic (exact) mass is 1920 g/mol. The van der Waals surface area contributed by atoms with E-state index in [1.807, 2.05) is 0 Å². The van der Waals surface area contributed by atoms with Crippen molar-refractivity contribution in [2.45, 2.75) is 61.4 Å². The summed E-state index contributed by atoms with van der Waals surface area (Å²) in [6.45, 7) is -3.20. The number of carbonyl (C=O) groups is 9. The zero-order valence-corrected chi connectivity index (χ0v) is 68.1. The van der Waals surface area contributed by atoms with Crippen molar-refractivity contribution in [3.8, 4) is 195 Å². The lowest BCUT2D eigenvalue weighted by Crippen LogP contribution is -2.64. The molecule has 0 radical (unpaired) electrons. The summed E-state index contributed by atoms with van der Waals surface area (Å²) >= 11 is 0. The lowest BCUT2D eigenvalue weighted by molar-refractivity contribution is -0.282. The van der Waals surface area contributed by atoms with Crippen LogP contribution >= 0.6 is 0 Å². The first kappa shape index (κ1) is 91.7. The van der Waals surface area contributed by atoms with E-state index in [0.29, 0.717) is 66.7 Å². The van der Waals surface area contributed by atoms with Crippen molar-refractivity contribution in [3.05, 3.63) is 165 Å². The Bertz CT molecular complexity index is 7180. The normalized spacial score (nSPS) is 18.9. The first-order valence-corrected chi connectivity index (χ1v) is 38.8. The Labute approximate surface area is 760 Å². The van der Waals surface area contributed by atoms with Crippen LogP contribution in [0.15, 0.2) is 115 Å². The quantitative estimate of drug-likeness (QED) is 0.0255. The van der Waals surface area contributed by atoms with Crippen LogP contribution in [0.1, 0.15) is 93.2 Å². The molecule has 0 amide bonds. The van der Waals surface area contributed by atoms with Crippen molar-refractivity contribution in [2.24, 2.45) is 0 Å². The van der Waals surface area contributed by atoms with E-state index in [1.165, 1.54) is 24.3 Å². The van der Waals surface area contributed by atoms with Gasteiger partial charge in [0.1, 0.15) is 30.9 Å². The van der Waals surface area contributed by atoms with Crippen molar-refractivity contribution >= 4 is 75.8 Å². The molecular formula is C87H60N2O49. The topological polar surface area (TPSA) is 846 Å². The number of ether oxygens (including phenoxy) is 13. The molecule has 27 N–H and O–H groups in total. The van der Waals surface area contributed by atoms with Gasteiger partial charge in [0.2, 0.25) is 59.3 Å². The number of para-hydroxylation sites is 2. The van der Waals surface area contributed by atoms with Crippen LogP contribution in [-0.4, -0.2) is 276 Å². The van der Waals surface area contributed by atoms with E-state index in [0.717, 1.165) is 6.07 Å². The predicted octanol–water partition coefficient (Wildman–Crippen LogP) is 5.64. The van der Waals surface area contributed by atoms with Crippen molar-refractivity contribution < 1.29 is 243 Å². The molecule has 10 atom stereocenters. The van der Waals surface area contributed by atoms with Gasteiger partial charge in [0, 0.05) is 28.3 Å². The van der Waals surface area contributed by atoms with Crippen LogP contribution in [0, 0.1) is 0 Å². The van der Waals surface area contributed by atoms with Gasteiger partial charge < -0.3 is 199 Å². The van der Waals surface area contributed by atoms with Gasteiger partial charge in [0.15, 0.2) is 162 Å². The number of cyclic esters (lactones) is 1. The number of hydrogen-bond acceptors (Lipinski definition) is 51. The van der Waals surface area contributed by atoms with Crippen LogP contribution in [0.25, 0.3) is 44.3 Å². The number of carbonyl (C=O) groups excluding carboxylic acids is 9. The summed E-state index contributed by atoms with van der Waals surface area (Å²) in [4.78, 5) is 145. The van der Waals surface area contributed by atoms with E-state index in [-0.39, 0.29) is 29.2 Å². The Hall–Kier alpha value is -19.6. The van der Waals surface area contributed by atoms with Gasteiger partial charge in [0.05, 0.1) is 66.6 Å². The molecular weight excluding hydrogens is 1860 g/mol. The van der Waals surface area contributed by atoms with E-state index in [4.69, 9.17) is 61.6 Å². The molecule has 1 unspecified atom stereocenters.